The van der Waals surface area contributed by atoms with Crippen LogP contribution in [0.15, 0.2) is 12.1 Å². The molecule has 6 heteroatoms. The Labute approximate surface area is 103 Å². The molecule has 0 aliphatic heterocycles. The van der Waals surface area contributed by atoms with Gasteiger partial charge in [-0.05, 0) is 25.5 Å². The van der Waals surface area contributed by atoms with E-state index >= 15 is 0 Å². The third-order valence-corrected chi connectivity index (χ3v) is 2.41. The van der Waals surface area contributed by atoms with E-state index in [0.29, 0.717) is 0 Å². The fourth-order valence-corrected chi connectivity index (χ4v) is 1.37. The highest BCUT2D eigenvalue weighted by Crippen LogP contribution is 2.16. The van der Waals surface area contributed by atoms with Gasteiger partial charge in [0.1, 0.15) is 23.2 Å². The van der Waals surface area contributed by atoms with Crippen molar-refractivity contribution in [2.75, 3.05) is 7.11 Å². The van der Waals surface area contributed by atoms with Gasteiger partial charge in [0.05, 0.1) is 7.11 Å². The molecule has 1 atom stereocenters. The summed E-state index contributed by atoms with van der Waals surface area (Å²) in [5.74, 6) is -3.61. The molecule has 0 aliphatic carbocycles. The summed E-state index contributed by atoms with van der Waals surface area (Å²) >= 11 is 0. The van der Waals surface area contributed by atoms with Crippen molar-refractivity contribution in [2.45, 2.75) is 19.9 Å². The van der Waals surface area contributed by atoms with E-state index in [-0.39, 0.29) is 5.56 Å². The molecule has 18 heavy (non-hydrogen) atoms. The van der Waals surface area contributed by atoms with Gasteiger partial charge in [0.15, 0.2) is 0 Å². The van der Waals surface area contributed by atoms with E-state index in [1.807, 2.05) is 0 Å². The molecule has 0 aromatic heterocycles. The molecule has 98 valence electrons. The van der Waals surface area contributed by atoms with Crippen LogP contribution < -0.4 is 5.32 Å². The van der Waals surface area contributed by atoms with Crippen LogP contribution in [0.3, 0.4) is 0 Å². The Morgan fingerprint density at radius 1 is 1.33 bits per heavy atom. The van der Waals surface area contributed by atoms with Crippen LogP contribution >= 0.6 is 0 Å². The van der Waals surface area contributed by atoms with Crippen LogP contribution in [0.1, 0.15) is 22.8 Å². The Balaban J connectivity index is 2.98. The molecule has 1 rings (SSSR count). The molecular formula is C12H13F2NO3. The van der Waals surface area contributed by atoms with Crippen LogP contribution in [0.5, 0.6) is 0 Å². The summed E-state index contributed by atoms with van der Waals surface area (Å²) in [6, 6.07) is 1.24. The molecule has 0 bridgehead atoms. The predicted molar refractivity (Wildman–Crippen MR) is 60.0 cm³/mol. The smallest absolute Gasteiger partial charge is 0.328 e. The number of halogens is 2. The molecule has 0 heterocycles. The van der Waals surface area contributed by atoms with Crippen LogP contribution in [0, 0.1) is 18.6 Å². The fourth-order valence-electron chi connectivity index (χ4n) is 1.37. The number of benzene rings is 1. The lowest BCUT2D eigenvalue weighted by Crippen LogP contribution is -2.39. The van der Waals surface area contributed by atoms with E-state index < -0.39 is 35.1 Å². The number of hydrogen-bond acceptors (Lipinski definition) is 3. The first-order chi connectivity index (χ1) is 8.38. The number of ether oxygens (including phenoxy) is 1. The zero-order valence-electron chi connectivity index (χ0n) is 10.2. The summed E-state index contributed by atoms with van der Waals surface area (Å²) in [6.07, 6.45) is 0. The first kappa shape index (κ1) is 14.1. The number of nitrogens with one attached hydrogen (secondary N) is 1. The first-order valence-corrected chi connectivity index (χ1v) is 5.21. The average Bonchev–Trinajstić information content (AvgIpc) is 2.33. The summed E-state index contributed by atoms with van der Waals surface area (Å²) in [6.45, 7) is 2.77. The molecule has 0 fully saturated rings. The highest BCUT2D eigenvalue weighted by Gasteiger charge is 2.23. The summed E-state index contributed by atoms with van der Waals surface area (Å²) in [5.41, 5.74) is -0.557. The van der Waals surface area contributed by atoms with Crippen molar-refractivity contribution in [3.8, 4) is 0 Å². The van der Waals surface area contributed by atoms with Gasteiger partial charge in [0.25, 0.3) is 5.91 Å². The van der Waals surface area contributed by atoms with Crippen LogP contribution in [0.25, 0.3) is 0 Å². The lowest BCUT2D eigenvalue weighted by atomic mass is 10.1. The Kier molecular flexibility index (Phi) is 4.36. The molecule has 0 saturated heterocycles. The monoisotopic (exact) mass is 257 g/mol. The lowest BCUT2D eigenvalue weighted by molar-refractivity contribution is -0.142. The topological polar surface area (TPSA) is 55.4 Å². The molecule has 4 nitrogen and oxygen atoms in total. The quantitative estimate of drug-likeness (QED) is 0.836. The van der Waals surface area contributed by atoms with E-state index in [1.54, 1.807) is 0 Å². The second-order valence-electron chi connectivity index (χ2n) is 3.77. The van der Waals surface area contributed by atoms with Crippen molar-refractivity contribution >= 4 is 11.9 Å². The maximum Gasteiger partial charge on any atom is 0.328 e. The van der Waals surface area contributed by atoms with E-state index in [1.165, 1.54) is 19.9 Å². The minimum absolute atomic E-state index is 0.146. The van der Waals surface area contributed by atoms with Crippen molar-refractivity contribution in [3.05, 3.63) is 34.9 Å². The van der Waals surface area contributed by atoms with Gasteiger partial charge in [-0.25, -0.2) is 13.6 Å². The highest BCUT2D eigenvalue weighted by molar-refractivity contribution is 5.97. The molecule has 1 amide bonds. The average molecular weight is 257 g/mol. The van der Waals surface area contributed by atoms with Crippen molar-refractivity contribution in [2.24, 2.45) is 0 Å². The van der Waals surface area contributed by atoms with Gasteiger partial charge >= 0.3 is 5.97 Å². The van der Waals surface area contributed by atoms with Crippen LogP contribution in [0.4, 0.5) is 8.78 Å². The van der Waals surface area contributed by atoms with E-state index in [0.717, 1.165) is 13.2 Å². The van der Waals surface area contributed by atoms with E-state index in [9.17, 15) is 18.4 Å². The maximum atomic E-state index is 13.6. The maximum absolute atomic E-state index is 13.6. The summed E-state index contributed by atoms with van der Waals surface area (Å²) in [5, 5.41) is 2.16. The van der Waals surface area contributed by atoms with Gasteiger partial charge in [-0.2, -0.15) is 0 Å². The van der Waals surface area contributed by atoms with Gasteiger partial charge in [-0.15, -0.1) is 0 Å². The molecule has 1 aromatic carbocycles. The number of rotatable bonds is 3. The van der Waals surface area contributed by atoms with Crippen molar-refractivity contribution < 1.29 is 23.1 Å². The number of hydrogen-bond donors (Lipinski definition) is 1. The largest absolute Gasteiger partial charge is 0.467 e. The third kappa shape index (κ3) is 2.82. The molecule has 0 spiro atoms. The second kappa shape index (κ2) is 5.57. The molecule has 1 N–H and O–H groups in total. The van der Waals surface area contributed by atoms with Gasteiger partial charge < -0.3 is 10.1 Å². The van der Waals surface area contributed by atoms with E-state index in [4.69, 9.17) is 0 Å². The highest BCUT2D eigenvalue weighted by atomic mass is 19.1. The van der Waals surface area contributed by atoms with Crippen LogP contribution in [0.2, 0.25) is 0 Å². The Morgan fingerprint density at radius 3 is 2.50 bits per heavy atom. The Bertz CT molecular complexity index is 488. The number of esters is 1. The zero-order chi connectivity index (χ0) is 13.9. The minimum Gasteiger partial charge on any atom is -0.467 e. The number of aryl methyl sites for hydroxylation is 1. The normalized spacial score (nSPS) is 11.8. The van der Waals surface area contributed by atoms with E-state index in [2.05, 4.69) is 10.1 Å². The molecule has 0 saturated carbocycles. The minimum atomic E-state index is -0.994. The zero-order valence-corrected chi connectivity index (χ0v) is 10.2. The summed E-state index contributed by atoms with van der Waals surface area (Å²) in [7, 11) is 1.15. The first-order valence-electron chi connectivity index (χ1n) is 5.21. The standard InChI is InChI=1S/C12H13F2NO3/c1-6-4-5-8(13)9(10(6)14)11(16)15-7(2)12(17)18-3/h4-5,7H,1-3H3,(H,15,16). The number of carbonyl (C=O) groups is 2. The number of methoxy groups -OCH3 is 1. The molecule has 0 aliphatic rings. The van der Waals surface area contributed by atoms with Crippen molar-refractivity contribution in [1.29, 1.82) is 0 Å². The predicted octanol–water partition coefficient (Wildman–Crippen LogP) is 1.56. The Morgan fingerprint density at radius 2 is 1.94 bits per heavy atom. The number of carbonyl (C=O) groups excluding carboxylic acids is 2. The molecule has 1 unspecified atom stereocenters. The third-order valence-electron chi connectivity index (χ3n) is 2.41. The van der Waals surface area contributed by atoms with Crippen LogP contribution in [-0.4, -0.2) is 25.0 Å². The number of amides is 1. The summed E-state index contributed by atoms with van der Waals surface area (Å²) in [4.78, 5) is 22.8. The molecular weight excluding hydrogens is 244 g/mol. The van der Waals surface area contributed by atoms with Gasteiger partial charge in [-0.3, -0.25) is 4.79 Å². The van der Waals surface area contributed by atoms with Gasteiger partial charge in [0, 0.05) is 0 Å². The second-order valence-corrected chi connectivity index (χ2v) is 3.77. The van der Waals surface area contributed by atoms with Crippen molar-refractivity contribution in [3.63, 3.8) is 0 Å². The molecule has 1 aromatic rings. The van der Waals surface area contributed by atoms with Crippen molar-refractivity contribution in [1.82, 2.24) is 5.32 Å². The van der Waals surface area contributed by atoms with Crippen LogP contribution in [-0.2, 0) is 9.53 Å². The lowest BCUT2D eigenvalue weighted by Gasteiger charge is -2.13. The SMILES string of the molecule is COC(=O)C(C)NC(=O)c1c(F)ccc(C)c1F. The molecule has 0 radical (unpaired) electrons. The summed E-state index contributed by atoms with van der Waals surface area (Å²) < 4.78 is 31.4. The van der Waals surface area contributed by atoms with Gasteiger partial charge in [-0.1, -0.05) is 6.07 Å². The fraction of sp³-hybridized carbons (Fsp3) is 0.333. The van der Waals surface area contributed by atoms with Gasteiger partial charge in [0.2, 0.25) is 0 Å². The Hall–Kier alpha value is -1.98.